The average Bonchev–Trinajstić information content (AvgIpc) is 2.90. The van der Waals surface area contributed by atoms with E-state index in [4.69, 9.17) is 10.5 Å². The topological polar surface area (TPSA) is 53.1 Å². The molecule has 0 saturated carbocycles. The summed E-state index contributed by atoms with van der Waals surface area (Å²) < 4.78 is 7.30. The second-order valence-electron chi connectivity index (χ2n) is 5.06. The van der Waals surface area contributed by atoms with Crippen molar-refractivity contribution in [3.05, 3.63) is 71.9 Å². The summed E-state index contributed by atoms with van der Waals surface area (Å²) in [4.78, 5) is 0. The van der Waals surface area contributed by atoms with Crippen LogP contribution in [0.15, 0.2) is 60.8 Å². The Bertz CT molecular complexity index is 750. The Morgan fingerprint density at radius 2 is 1.91 bits per heavy atom. The number of anilines is 1. The van der Waals surface area contributed by atoms with E-state index in [0.717, 1.165) is 29.0 Å². The van der Waals surface area contributed by atoms with Gasteiger partial charge in [-0.2, -0.15) is 5.10 Å². The molecule has 0 aliphatic rings. The fourth-order valence-electron chi connectivity index (χ4n) is 2.43. The Kier molecular flexibility index (Phi) is 4.10. The largest absolute Gasteiger partial charge is 0.494 e. The van der Waals surface area contributed by atoms with E-state index in [9.17, 15) is 0 Å². The summed E-state index contributed by atoms with van der Waals surface area (Å²) in [7, 11) is 0. The third-order valence-electron chi connectivity index (χ3n) is 3.49. The third kappa shape index (κ3) is 2.96. The van der Waals surface area contributed by atoms with Gasteiger partial charge in [-0.3, -0.25) is 0 Å². The number of aromatic nitrogens is 2. The van der Waals surface area contributed by atoms with Crippen LogP contribution in [0.3, 0.4) is 0 Å². The van der Waals surface area contributed by atoms with E-state index in [2.05, 4.69) is 11.2 Å². The van der Waals surface area contributed by atoms with Gasteiger partial charge in [0.05, 0.1) is 18.5 Å². The van der Waals surface area contributed by atoms with Crippen LogP contribution in [0.2, 0.25) is 0 Å². The van der Waals surface area contributed by atoms with E-state index in [1.165, 1.54) is 0 Å². The molecule has 4 heteroatoms. The fraction of sp³-hybridized carbons (Fsp3) is 0.167. The normalized spacial score (nSPS) is 10.6. The van der Waals surface area contributed by atoms with Crippen LogP contribution >= 0.6 is 0 Å². The molecule has 2 aromatic carbocycles. The summed E-state index contributed by atoms with van der Waals surface area (Å²) in [6, 6.07) is 18.0. The molecule has 0 fully saturated rings. The van der Waals surface area contributed by atoms with Crippen LogP contribution in [0.1, 0.15) is 18.1 Å². The SMILES string of the molecule is CCOc1cccc(Cc2cnn(-c3ccccc3)c2N)c1. The van der Waals surface area contributed by atoms with Crippen molar-refractivity contribution in [3.8, 4) is 11.4 Å². The summed E-state index contributed by atoms with van der Waals surface area (Å²) in [6.45, 7) is 2.64. The Labute approximate surface area is 130 Å². The molecule has 3 rings (SSSR count). The van der Waals surface area contributed by atoms with Gasteiger partial charge in [0, 0.05) is 12.0 Å². The van der Waals surface area contributed by atoms with E-state index in [0.29, 0.717) is 12.4 Å². The van der Waals surface area contributed by atoms with Gasteiger partial charge in [0.2, 0.25) is 0 Å². The first kappa shape index (κ1) is 14.2. The zero-order valence-corrected chi connectivity index (χ0v) is 12.6. The van der Waals surface area contributed by atoms with E-state index in [1.54, 1.807) is 4.68 Å². The van der Waals surface area contributed by atoms with Crippen molar-refractivity contribution in [1.29, 1.82) is 0 Å². The van der Waals surface area contributed by atoms with Crippen LogP contribution in [-0.2, 0) is 6.42 Å². The van der Waals surface area contributed by atoms with Gasteiger partial charge in [-0.15, -0.1) is 0 Å². The quantitative estimate of drug-likeness (QED) is 0.784. The number of rotatable bonds is 5. The molecule has 0 atom stereocenters. The Balaban J connectivity index is 1.85. The Hall–Kier alpha value is -2.75. The zero-order valence-electron chi connectivity index (χ0n) is 12.6. The van der Waals surface area contributed by atoms with Gasteiger partial charge < -0.3 is 10.5 Å². The fourth-order valence-corrected chi connectivity index (χ4v) is 2.43. The lowest BCUT2D eigenvalue weighted by Crippen LogP contribution is -2.03. The smallest absolute Gasteiger partial charge is 0.130 e. The molecule has 0 aliphatic carbocycles. The van der Waals surface area contributed by atoms with Crippen molar-refractivity contribution in [2.75, 3.05) is 12.3 Å². The lowest BCUT2D eigenvalue weighted by molar-refractivity contribution is 0.340. The van der Waals surface area contributed by atoms with Crippen molar-refractivity contribution in [3.63, 3.8) is 0 Å². The molecule has 1 aromatic heterocycles. The second kappa shape index (κ2) is 6.35. The number of hydrogen-bond donors (Lipinski definition) is 1. The molecule has 112 valence electrons. The van der Waals surface area contributed by atoms with Gasteiger partial charge in [0.15, 0.2) is 0 Å². The predicted molar refractivity (Wildman–Crippen MR) is 88.4 cm³/mol. The number of nitrogens with zero attached hydrogens (tertiary/aromatic N) is 2. The molecule has 0 radical (unpaired) electrons. The van der Waals surface area contributed by atoms with Gasteiger partial charge in [-0.1, -0.05) is 30.3 Å². The first-order valence-corrected chi connectivity index (χ1v) is 7.37. The maximum Gasteiger partial charge on any atom is 0.130 e. The molecule has 0 saturated heterocycles. The Morgan fingerprint density at radius 1 is 1.09 bits per heavy atom. The molecule has 0 amide bonds. The van der Waals surface area contributed by atoms with Crippen molar-refractivity contribution >= 4 is 5.82 Å². The van der Waals surface area contributed by atoms with Crippen molar-refractivity contribution in [1.82, 2.24) is 9.78 Å². The molecular formula is C18H19N3O. The molecule has 0 spiro atoms. The highest BCUT2D eigenvalue weighted by atomic mass is 16.5. The van der Waals surface area contributed by atoms with E-state index >= 15 is 0 Å². The minimum Gasteiger partial charge on any atom is -0.494 e. The summed E-state index contributed by atoms with van der Waals surface area (Å²) in [5.41, 5.74) is 9.39. The lowest BCUT2D eigenvalue weighted by Gasteiger charge is -2.07. The standard InChI is InChI=1S/C18H19N3O/c1-2-22-17-10-6-7-14(12-17)11-15-13-20-21(18(15)19)16-8-4-3-5-9-16/h3-10,12-13H,2,11,19H2,1H3. The van der Waals surface area contributed by atoms with Crippen LogP contribution in [0, 0.1) is 0 Å². The van der Waals surface area contributed by atoms with Gasteiger partial charge in [0.25, 0.3) is 0 Å². The molecule has 0 unspecified atom stereocenters. The number of hydrogen-bond acceptors (Lipinski definition) is 3. The van der Waals surface area contributed by atoms with Crippen LogP contribution in [0.4, 0.5) is 5.82 Å². The van der Waals surface area contributed by atoms with Gasteiger partial charge in [-0.05, 0) is 36.8 Å². The lowest BCUT2D eigenvalue weighted by atomic mass is 10.1. The van der Waals surface area contributed by atoms with Gasteiger partial charge in [0.1, 0.15) is 11.6 Å². The van der Waals surface area contributed by atoms with E-state index < -0.39 is 0 Å². The number of para-hydroxylation sites is 1. The van der Waals surface area contributed by atoms with Gasteiger partial charge in [-0.25, -0.2) is 4.68 Å². The minimum absolute atomic E-state index is 0.664. The maximum atomic E-state index is 6.25. The first-order chi connectivity index (χ1) is 10.8. The van der Waals surface area contributed by atoms with Crippen LogP contribution in [0.25, 0.3) is 5.69 Å². The maximum absolute atomic E-state index is 6.25. The number of benzene rings is 2. The molecule has 22 heavy (non-hydrogen) atoms. The molecular weight excluding hydrogens is 274 g/mol. The van der Waals surface area contributed by atoms with Crippen LogP contribution in [0.5, 0.6) is 5.75 Å². The summed E-state index contributed by atoms with van der Waals surface area (Å²) in [5.74, 6) is 1.56. The van der Waals surface area contributed by atoms with E-state index in [-0.39, 0.29) is 0 Å². The minimum atomic E-state index is 0.664. The van der Waals surface area contributed by atoms with Crippen LogP contribution < -0.4 is 10.5 Å². The molecule has 4 nitrogen and oxygen atoms in total. The average molecular weight is 293 g/mol. The third-order valence-corrected chi connectivity index (χ3v) is 3.49. The number of ether oxygens (including phenoxy) is 1. The molecule has 3 aromatic rings. The first-order valence-electron chi connectivity index (χ1n) is 7.37. The van der Waals surface area contributed by atoms with Crippen molar-refractivity contribution < 1.29 is 4.74 Å². The monoisotopic (exact) mass is 293 g/mol. The zero-order chi connectivity index (χ0) is 15.4. The highest BCUT2D eigenvalue weighted by Gasteiger charge is 2.10. The molecule has 1 heterocycles. The second-order valence-corrected chi connectivity index (χ2v) is 5.06. The summed E-state index contributed by atoms with van der Waals surface area (Å²) >= 11 is 0. The predicted octanol–water partition coefficient (Wildman–Crippen LogP) is 3.44. The Morgan fingerprint density at radius 3 is 2.68 bits per heavy atom. The molecule has 0 aliphatic heterocycles. The molecule has 0 bridgehead atoms. The summed E-state index contributed by atoms with van der Waals surface area (Å²) in [6.07, 6.45) is 2.56. The van der Waals surface area contributed by atoms with Crippen LogP contribution in [-0.4, -0.2) is 16.4 Å². The highest BCUT2D eigenvalue weighted by molar-refractivity contribution is 5.49. The summed E-state index contributed by atoms with van der Waals surface area (Å²) in [5, 5.41) is 4.40. The highest BCUT2D eigenvalue weighted by Crippen LogP contribution is 2.22. The molecule has 2 N–H and O–H groups in total. The van der Waals surface area contributed by atoms with Gasteiger partial charge >= 0.3 is 0 Å². The number of nitrogens with two attached hydrogens (primary N) is 1. The van der Waals surface area contributed by atoms with Crippen molar-refractivity contribution in [2.24, 2.45) is 0 Å². The van der Waals surface area contributed by atoms with Crippen molar-refractivity contribution in [2.45, 2.75) is 13.3 Å². The van der Waals surface area contributed by atoms with E-state index in [1.807, 2.05) is 61.7 Å². The number of nitrogen functional groups attached to an aromatic ring is 1.